The van der Waals surface area contributed by atoms with Gasteiger partial charge in [0.2, 0.25) is 0 Å². The molecule has 1 aliphatic rings. The third kappa shape index (κ3) is 3.31. The summed E-state index contributed by atoms with van der Waals surface area (Å²) in [6.07, 6.45) is 7.23. The van der Waals surface area contributed by atoms with Gasteiger partial charge in [0, 0.05) is 24.9 Å². The van der Waals surface area contributed by atoms with Crippen molar-refractivity contribution in [2.75, 3.05) is 19.6 Å². The van der Waals surface area contributed by atoms with Crippen molar-refractivity contribution in [3.8, 4) is 0 Å². The largest absolute Gasteiger partial charge is 0.303 e. The van der Waals surface area contributed by atoms with E-state index in [1.807, 2.05) is 6.20 Å². The van der Waals surface area contributed by atoms with Crippen molar-refractivity contribution in [3.63, 3.8) is 0 Å². The van der Waals surface area contributed by atoms with E-state index in [1.165, 1.54) is 50.2 Å². The van der Waals surface area contributed by atoms with Crippen molar-refractivity contribution in [2.45, 2.75) is 32.6 Å². The third-order valence-corrected chi connectivity index (χ3v) is 3.11. The molecule has 0 spiro atoms. The predicted octanol–water partition coefficient (Wildman–Crippen LogP) is 2.42. The van der Waals surface area contributed by atoms with E-state index in [1.54, 1.807) is 0 Å². The molecule has 0 amide bonds. The van der Waals surface area contributed by atoms with E-state index in [2.05, 4.69) is 28.9 Å². The summed E-state index contributed by atoms with van der Waals surface area (Å²) < 4.78 is 0. The van der Waals surface area contributed by atoms with E-state index < -0.39 is 0 Å². The number of rotatable bonds is 3. The number of pyridine rings is 1. The van der Waals surface area contributed by atoms with Crippen LogP contribution in [-0.4, -0.2) is 29.5 Å². The number of aromatic nitrogens is 1. The van der Waals surface area contributed by atoms with E-state index in [4.69, 9.17) is 0 Å². The topological polar surface area (TPSA) is 16.1 Å². The van der Waals surface area contributed by atoms with Crippen LogP contribution in [0, 0.1) is 6.92 Å². The highest BCUT2D eigenvalue weighted by Gasteiger charge is 2.09. The molecule has 0 aromatic carbocycles. The van der Waals surface area contributed by atoms with Crippen molar-refractivity contribution in [2.24, 2.45) is 0 Å². The van der Waals surface area contributed by atoms with Crippen molar-refractivity contribution < 1.29 is 0 Å². The zero-order valence-corrected chi connectivity index (χ0v) is 9.58. The van der Waals surface area contributed by atoms with Gasteiger partial charge in [-0.1, -0.05) is 12.5 Å². The molecule has 0 aliphatic carbocycles. The van der Waals surface area contributed by atoms with Crippen LogP contribution in [0.1, 0.15) is 30.5 Å². The molecule has 1 aromatic heterocycles. The van der Waals surface area contributed by atoms with Crippen molar-refractivity contribution >= 4 is 0 Å². The summed E-state index contributed by atoms with van der Waals surface area (Å²) in [7, 11) is 0. The van der Waals surface area contributed by atoms with Crippen molar-refractivity contribution in [1.82, 2.24) is 9.88 Å². The lowest BCUT2D eigenvalue weighted by Crippen LogP contribution is -2.31. The Labute approximate surface area is 92.3 Å². The van der Waals surface area contributed by atoms with Crippen LogP contribution in [0.2, 0.25) is 0 Å². The Morgan fingerprint density at radius 1 is 1.20 bits per heavy atom. The number of hydrogen-bond acceptors (Lipinski definition) is 2. The van der Waals surface area contributed by atoms with Crippen LogP contribution < -0.4 is 0 Å². The molecule has 0 saturated carbocycles. The fraction of sp³-hybridized carbons (Fsp3) is 0.615. The highest BCUT2D eigenvalue weighted by Crippen LogP contribution is 2.09. The smallest absolute Gasteiger partial charge is 0.0416 e. The van der Waals surface area contributed by atoms with Gasteiger partial charge in [0.05, 0.1) is 0 Å². The lowest BCUT2D eigenvalue weighted by atomic mass is 10.1. The first-order chi connectivity index (χ1) is 7.34. The molecule has 1 aromatic rings. The zero-order valence-electron chi connectivity index (χ0n) is 9.58. The number of hydrogen-bond donors (Lipinski definition) is 0. The number of likely N-dealkylation sites (tertiary alicyclic amines) is 1. The van der Waals surface area contributed by atoms with Gasteiger partial charge in [-0.2, -0.15) is 0 Å². The van der Waals surface area contributed by atoms with E-state index in [0.29, 0.717) is 0 Å². The molecule has 0 unspecified atom stereocenters. The van der Waals surface area contributed by atoms with Gasteiger partial charge in [-0.3, -0.25) is 4.98 Å². The molecule has 1 fully saturated rings. The van der Waals surface area contributed by atoms with Crippen molar-refractivity contribution in [1.29, 1.82) is 0 Å². The summed E-state index contributed by atoms with van der Waals surface area (Å²) in [5.74, 6) is 0. The van der Waals surface area contributed by atoms with Gasteiger partial charge < -0.3 is 4.90 Å². The van der Waals surface area contributed by atoms with Crippen LogP contribution in [0.25, 0.3) is 0 Å². The van der Waals surface area contributed by atoms with Crippen LogP contribution in [-0.2, 0) is 6.42 Å². The molecule has 2 nitrogen and oxygen atoms in total. The Bertz CT molecular complexity index is 286. The maximum Gasteiger partial charge on any atom is 0.0416 e. The normalized spacial score (nSPS) is 17.9. The van der Waals surface area contributed by atoms with Crippen LogP contribution in [0.5, 0.6) is 0 Å². The molecule has 82 valence electrons. The molecular formula is C13H20N2. The summed E-state index contributed by atoms with van der Waals surface area (Å²) in [4.78, 5) is 7.00. The SMILES string of the molecule is Cc1ccc(CCN2CCCCC2)nc1. The van der Waals surface area contributed by atoms with Crippen LogP contribution >= 0.6 is 0 Å². The van der Waals surface area contributed by atoms with Gasteiger partial charge in [-0.25, -0.2) is 0 Å². The van der Waals surface area contributed by atoms with E-state index >= 15 is 0 Å². The Balaban J connectivity index is 1.79. The fourth-order valence-electron chi connectivity index (χ4n) is 2.10. The second-order valence-electron chi connectivity index (χ2n) is 4.48. The molecule has 1 aliphatic heterocycles. The molecule has 2 rings (SSSR count). The Kier molecular flexibility index (Phi) is 3.73. The fourth-order valence-corrected chi connectivity index (χ4v) is 2.10. The van der Waals surface area contributed by atoms with E-state index in [0.717, 1.165) is 6.42 Å². The highest BCUT2D eigenvalue weighted by atomic mass is 15.1. The molecule has 0 N–H and O–H groups in total. The summed E-state index contributed by atoms with van der Waals surface area (Å²) in [6, 6.07) is 4.30. The maximum atomic E-state index is 4.44. The first kappa shape index (κ1) is 10.6. The van der Waals surface area contributed by atoms with E-state index in [-0.39, 0.29) is 0 Å². The average molecular weight is 204 g/mol. The van der Waals surface area contributed by atoms with Gasteiger partial charge in [0.15, 0.2) is 0 Å². The van der Waals surface area contributed by atoms with Gasteiger partial charge in [0.1, 0.15) is 0 Å². The number of piperidine rings is 1. The molecule has 2 heterocycles. The molecule has 2 heteroatoms. The molecule has 0 bridgehead atoms. The quantitative estimate of drug-likeness (QED) is 0.751. The van der Waals surface area contributed by atoms with Gasteiger partial charge >= 0.3 is 0 Å². The van der Waals surface area contributed by atoms with Crippen molar-refractivity contribution in [3.05, 3.63) is 29.6 Å². The zero-order chi connectivity index (χ0) is 10.5. The van der Waals surface area contributed by atoms with Gasteiger partial charge in [-0.15, -0.1) is 0 Å². The average Bonchev–Trinajstić information content (AvgIpc) is 2.30. The standard InChI is InChI=1S/C13H20N2/c1-12-5-6-13(14-11-12)7-10-15-8-3-2-4-9-15/h5-6,11H,2-4,7-10H2,1H3. The second kappa shape index (κ2) is 5.26. The highest BCUT2D eigenvalue weighted by molar-refractivity contribution is 5.12. The molecular weight excluding hydrogens is 184 g/mol. The summed E-state index contributed by atoms with van der Waals surface area (Å²) >= 11 is 0. The Morgan fingerprint density at radius 3 is 2.67 bits per heavy atom. The van der Waals surface area contributed by atoms with E-state index in [9.17, 15) is 0 Å². The molecule has 15 heavy (non-hydrogen) atoms. The molecule has 0 atom stereocenters. The Morgan fingerprint density at radius 2 is 2.00 bits per heavy atom. The van der Waals surface area contributed by atoms with Gasteiger partial charge in [0.25, 0.3) is 0 Å². The van der Waals surface area contributed by atoms with Crippen LogP contribution in [0.3, 0.4) is 0 Å². The minimum absolute atomic E-state index is 1.10. The summed E-state index contributed by atoms with van der Waals surface area (Å²) in [5.41, 5.74) is 2.47. The first-order valence-corrected chi connectivity index (χ1v) is 5.98. The summed E-state index contributed by atoms with van der Waals surface area (Å²) in [5, 5.41) is 0. The minimum Gasteiger partial charge on any atom is -0.303 e. The maximum absolute atomic E-state index is 4.44. The monoisotopic (exact) mass is 204 g/mol. The summed E-state index contributed by atoms with van der Waals surface area (Å²) in [6.45, 7) is 5.83. The van der Waals surface area contributed by atoms with Crippen LogP contribution in [0.15, 0.2) is 18.3 Å². The Hall–Kier alpha value is -0.890. The second-order valence-corrected chi connectivity index (χ2v) is 4.48. The van der Waals surface area contributed by atoms with Gasteiger partial charge in [-0.05, 0) is 44.5 Å². The lowest BCUT2D eigenvalue weighted by molar-refractivity contribution is 0.231. The number of aryl methyl sites for hydroxylation is 1. The minimum atomic E-state index is 1.10. The van der Waals surface area contributed by atoms with Crippen LogP contribution in [0.4, 0.5) is 0 Å². The molecule has 1 saturated heterocycles. The third-order valence-electron chi connectivity index (χ3n) is 3.11. The predicted molar refractivity (Wildman–Crippen MR) is 63.0 cm³/mol. The lowest BCUT2D eigenvalue weighted by Gasteiger charge is -2.26. The number of nitrogens with zero attached hydrogens (tertiary/aromatic N) is 2. The first-order valence-electron chi connectivity index (χ1n) is 5.98. The molecule has 0 radical (unpaired) electrons.